The largest absolute Gasteiger partial charge is 0.406 e. The third-order valence-corrected chi connectivity index (χ3v) is 4.06. The lowest BCUT2D eigenvalue weighted by Crippen LogP contribution is -2.49. The maximum Gasteiger partial charge on any atom is 0.406 e. The van der Waals surface area contributed by atoms with Crippen LogP contribution in [0.15, 0.2) is 0 Å². The summed E-state index contributed by atoms with van der Waals surface area (Å²) in [6, 6.07) is -0.165. The van der Waals surface area contributed by atoms with E-state index in [2.05, 4.69) is 0 Å². The van der Waals surface area contributed by atoms with Gasteiger partial charge in [0.2, 0.25) is 5.91 Å². The minimum absolute atomic E-state index is 0.00623. The number of carbonyl (C=O) groups is 1. The van der Waals surface area contributed by atoms with Crippen LogP contribution in [0.3, 0.4) is 0 Å². The summed E-state index contributed by atoms with van der Waals surface area (Å²) in [5.74, 6) is -0.768. The normalized spacial score (nSPS) is 31.1. The molecule has 0 heterocycles. The van der Waals surface area contributed by atoms with Crippen molar-refractivity contribution < 1.29 is 23.1 Å². The predicted molar refractivity (Wildman–Crippen MR) is 68.7 cm³/mol. The van der Waals surface area contributed by atoms with Crippen molar-refractivity contribution in [2.75, 3.05) is 19.7 Å². The van der Waals surface area contributed by atoms with Gasteiger partial charge in [-0.3, -0.25) is 4.79 Å². The van der Waals surface area contributed by atoms with Gasteiger partial charge in [-0.25, -0.2) is 0 Å². The zero-order chi connectivity index (χ0) is 15.5. The van der Waals surface area contributed by atoms with Gasteiger partial charge in [0.25, 0.3) is 0 Å². The van der Waals surface area contributed by atoms with Crippen LogP contribution in [0.4, 0.5) is 13.2 Å². The molecule has 4 nitrogen and oxygen atoms in total. The Morgan fingerprint density at radius 3 is 2.40 bits per heavy atom. The van der Waals surface area contributed by atoms with Crippen molar-refractivity contribution in [1.82, 2.24) is 4.90 Å². The van der Waals surface area contributed by atoms with Crippen molar-refractivity contribution in [2.45, 2.75) is 38.9 Å². The van der Waals surface area contributed by atoms with E-state index in [9.17, 15) is 18.0 Å². The van der Waals surface area contributed by atoms with E-state index in [0.717, 1.165) is 6.42 Å². The molecule has 0 aliphatic heterocycles. The number of alkyl halides is 3. The van der Waals surface area contributed by atoms with Crippen molar-refractivity contribution >= 4 is 5.91 Å². The molecule has 0 bridgehead atoms. The third kappa shape index (κ3) is 4.63. The number of nitrogens with zero attached hydrogens (tertiary/aromatic N) is 1. The van der Waals surface area contributed by atoms with Gasteiger partial charge in [0, 0.05) is 18.5 Å². The number of halogens is 3. The summed E-state index contributed by atoms with van der Waals surface area (Å²) < 4.78 is 37.5. The minimum atomic E-state index is -4.46. The van der Waals surface area contributed by atoms with Crippen LogP contribution < -0.4 is 5.73 Å². The molecule has 4 atom stereocenters. The molecule has 1 amide bonds. The molecular formula is C13H23F3N2O2. The quantitative estimate of drug-likeness (QED) is 0.823. The van der Waals surface area contributed by atoms with E-state index in [1.54, 1.807) is 0 Å². The first-order valence-electron chi connectivity index (χ1n) is 6.87. The van der Waals surface area contributed by atoms with Gasteiger partial charge in [0.1, 0.15) is 6.54 Å². The Labute approximate surface area is 117 Å². The Kier molecular flexibility index (Phi) is 5.82. The van der Waals surface area contributed by atoms with E-state index in [1.165, 1.54) is 0 Å². The molecule has 1 rings (SSSR count). The van der Waals surface area contributed by atoms with Crippen molar-refractivity contribution in [2.24, 2.45) is 23.5 Å². The smallest absolute Gasteiger partial charge is 0.395 e. The van der Waals surface area contributed by atoms with Crippen LogP contribution in [0, 0.1) is 17.8 Å². The van der Waals surface area contributed by atoms with E-state index in [0.29, 0.717) is 11.3 Å². The van der Waals surface area contributed by atoms with E-state index in [-0.39, 0.29) is 24.4 Å². The van der Waals surface area contributed by atoms with Crippen molar-refractivity contribution in [1.29, 1.82) is 0 Å². The topological polar surface area (TPSA) is 66.6 Å². The highest BCUT2D eigenvalue weighted by molar-refractivity contribution is 5.79. The van der Waals surface area contributed by atoms with Crippen LogP contribution in [0.5, 0.6) is 0 Å². The average molecular weight is 296 g/mol. The Bertz CT molecular complexity index is 336. The van der Waals surface area contributed by atoms with Crippen LogP contribution in [-0.4, -0.2) is 47.8 Å². The molecule has 1 aliphatic carbocycles. The maximum absolute atomic E-state index is 12.5. The van der Waals surface area contributed by atoms with Gasteiger partial charge in [0.05, 0.1) is 6.61 Å². The molecule has 3 N–H and O–H groups in total. The summed E-state index contributed by atoms with van der Waals surface area (Å²) >= 11 is 0. The van der Waals surface area contributed by atoms with Gasteiger partial charge < -0.3 is 15.7 Å². The molecule has 1 aliphatic rings. The lowest BCUT2D eigenvalue weighted by atomic mass is 9.72. The van der Waals surface area contributed by atoms with Crippen molar-refractivity contribution in [3.05, 3.63) is 0 Å². The molecule has 0 saturated heterocycles. The number of rotatable bonds is 4. The zero-order valence-corrected chi connectivity index (χ0v) is 11.9. The number of carbonyl (C=O) groups excluding carboxylic acids is 1. The van der Waals surface area contributed by atoms with Gasteiger partial charge >= 0.3 is 6.18 Å². The summed E-state index contributed by atoms with van der Waals surface area (Å²) in [6.07, 6.45) is -3.32. The van der Waals surface area contributed by atoms with Gasteiger partial charge in [-0.15, -0.1) is 0 Å². The van der Waals surface area contributed by atoms with Crippen LogP contribution in [-0.2, 0) is 4.79 Å². The zero-order valence-electron chi connectivity index (χ0n) is 11.9. The highest BCUT2D eigenvalue weighted by Gasteiger charge is 2.40. The second-order valence-electron chi connectivity index (χ2n) is 5.79. The summed E-state index contributed by atoms with van der Waals surface area (Å²) in [4.78, 5) is 13.0. The number of amides is 1. The van der Waals surface area contributed by atoms with Crippen LogP contribution >= 0.6 is 0 Å². The Morgan fingerprint density at radius 1 is 1.30 bits per heavy atom. The second kappa shape index (κ2) is 6.76. The fourth-order valence-electron chi connectivity index (χ4n) is 2.87. The molecule has 1 saturated carbocycles. The molecular weight excluding hydrogens is 273 g/mol. The number of hydrogen-bond donors (Lipinski definition) is 2. The van der Waals surface area contributed by atoms with Crippen molar-refractivity contribution in [3.63, 3.8) is 0 Å². The first-order valence-corrected chi connectivity index (χ1v) is 6.87. The first kappa shape index (κ1) is 17.2. The Balaban J connectivity index is 2.78. The number of hydrogen-bond acceptors (Lipinski definition) is 3. The average Bonchev–Trinajstić information content (AvgIpc) is 2.31. The van der Waals surface area contributed by atoms with Crippen LogP contribution in [0.25, 0.3) is 0 Å². The molecule has 0 aromatic heterocycles. The van der Waals surface area contributed by atoms with Gasteiger partial charge in [-0.2, -0.15) is 13.2 Å². The molecule has 0 radical (unpaired) electrons. The third-order valence-electron chi connectivity index (χ3n) is 4.06. The number of aliphatic hydroxyl groups excluding tert-OH is 1. The fraction of sp³-hybridized carbons (Fsp3) is 0.923. The lowest BCUT2D eigenvalue weighted by Gasteiger charge is -2.38. The molecule has 0 spiro atoms. The molecule has 1 fully saturated rings. The second-order valence-corrected chi connectivity index (χ2v) is 5.79. The molecule has 0 aromatic carbocycles. The molecule has 0 aromatic rings. The first-order chi connectivity index (χ1) is 9.15. The molecule has 118 valence electrons. The molecule has 7 heteroatoms. The Hall–Kier alpha value is -0.820. The van der Waals surface area contributed by atoms with E-state index < -0.39 is 31.2 Å². The van der Waals surface area contributed by atoms with E-state index >= 15 is 0 Å². The van der Waals surface area contributed by atoms with E-state index in [1.807, 2.05) is 13.8 Å². The van der Waals surface area contributed by atoms with E-state index in [4.69, 9.17) is 10.8 Å². The standard InChI is InChI=1S/C13H23F3N2O2/c1-8-5-9(2)11(17)6-10(8)12(20)18(3-4-19)7-13(14,15)16/h8-11,19H,3-7,17H2,1-2H3. The highest BCUT2D eigenvalue weighted by Crippen LogP contribution is 2.34. The van der Waals surface area contributed by atoms with Crippen molar-refractivity contribution in [3.8, 4) is 0 Å². The lowest BCUT2D eigenvalue weighted by molar-refractivity contribution is -0.166. The number of nitrogens with two attached hydrogens (primary N) is 1. The molecule has 4 unspecified atom stereocenters. The van der Waals surface area contributed by atoms with Gasteiger partial charge in [-0.1, -0.05) is 13.8 Å². The number of aliphatic hydroxyl groups is 1. The van der Waals surface area contributed by atoms with Crippen LogP contribution in [0.2, 0.25) is 0 Å². The van der Waals surface area contributed by atoms with Crippen LogP contribution in [0.1, 0.15) is 26.7 Å². The SMILES string of the molecule is CC1CC(C)C(C(=O)N(CCO)CC(F)(F)F)CC1N. The predicted octanol–water partition coefficient (Wildman–Crippen LogP) is 1.38. The summed E-state index contributed by atoms with van der Waals surface area (Å²) in [7, 11) is 0. The highest BCUT2D eigenvalue weighted by atomic mass is 19.4. The maximum atomic E-state index is 12.5. The summed E-state index contributed by atoms with van der Waals surface area (Å²) in [5.41, 5.74) is 5.93. The fourth-order valence-corrected chi connectivity index (χ4v) is 2.87. The monoisotopic (exact) mass is 296 g/mol. The van der Waals surface area contributed by atoms with Gasteiger partial charge in [-0.05, 0) is 24.7 Å². The Morgan fingerprint density at radius 2 is 1.90 bits per heavy atom. The minimum Gasteiger partial charge on any atom is -0.395 e. The molecule has 20 heavy (non-hydrogen) atoms. The van der Waals surface area contributed by atoms with Gasteiger partial charge in [0.15, 0.2) is 0 Å². The summed E-state index contributed by atoms with van der Waals surface area (Å²) in [6.45, 7) is 1.76. The summed E-state index contributed by atoms with van der Waals surface area (Å²) in [5, 5.41) is 8.85.